The third kappa shape index (κ3) is 2.79. The molecular formula is C9H10BrNO3S. The van der Waals surface area contributed by atoms with Gasteiger partial charge in [0.15, 0.2) is 0 Å². The van der Waals surface area contributed by atoms with Crippen LogP contribution in [-0.4, -0.2) is 35.0 Å². The number of carboxylic acids is 1. The molecule has 0 aromatic carbocycles. The van der Waals surface area contributed by atoms with E-state index in [0.717, 1.165) is 3.79 Å². The molecule has 0 aliphatic carbocycles. The Balaban J connectivity index is 2.81. The average molecular weight is 292 g/mol. The first-order valence-corrected chi connectivity index (χ1v) is 5.84. The fourth-order valence-electron chi connectivity index (χ4n) is 0.967. The lowest BCUT2D eigenvalue weighted by molar-refractivity contribution is -0.141. The van der Waals surface area contributed by atoms with E-state index < -0.39 is 12.0 Å². The van der Waals surface area contributed by atoms with Gasteiger partial charge in [0.25, 0.3) is 5.91 Å². The average Bonchev–Trinajstić information content (AvgIpc) is 2.61. The normalized spacial score (nSPS) is 12.2. The molecule has 0 radical (unpaired) electrons. The van der Waals surface area contributed by atoms with E-state index in [-0.39, 0.29) is 5.91 Å². The number of carboxylic acid groups (broad SMARTS) is 1. The Bertz CT molecular complexity index is 390. The predicted octanol–water partition coefficient (Wildman–Crippen LogP) is 2.06. The first-order valence-electron chi connectivity index (χ1n) is 4.17. The van der Waals surface area contributed by atoms with Crippen molar-refractivity contribution >= 4 is 39.1 Å². The van der Waals surface area contributed by atoms with Crippen LogP contribution in [0.3, 0.4) is 0 Å². The van der Waals surface area contributed by atoms with Crippen molar-refractivity contribution in [3.63, 3.8) is 0 Å². The van der Waals surface area contributed by atoms with Crippen LogP contribution in [0.1, 0.15) is 17.3 Å². The summed E-state index contributed by atoms with van der Waals surface area (Å²) < 4.78 is 0.849. The molecule has 0 bridgehead atoms. The van der Waals surface area contributed by atoms with E-state index >= 15 is 0 Å². The van der Waals surface area contributed by atoms with Crippen molar-refractivity contribution < 1.29 is 14.7 Å². The van der Waals surface area contributed by atoms with Gasteiger partial charge in [0.05, 0.1) is 9.35 Å². The van der Waals surface area contributed by atoms with Crippen molar-refractivity contribution in [1.82, 2.24) is 4.90 Å². The van der Waals surface area contributed by atoms with Crippen molar-refractivity contribution in [3.05, 3.63) is 20.8 Å². The summed E-state index contributed by atoms with van der Waals surface area (Å²) in [6, 6.07) is 0.856. The molecule has 0 saturated heterocycles. The van der Waals surface area contributed by atoms with Gasteiger partial charge in [-0.1, -0.05) is 0 Å². The zero-order valence-electron chi connectivity index (χ0n) is 8.23. The van der Waals surface area contributed by atoms with Gasteiger partial charge >= 0.3 is 5.97 Å². The second-order valence-corrected chi connectivity index (χ2v) is 5.36. The molecule has 0 fully saturated rings. The molecule has 1 aromatic heterocycles. The van der Waals surface area contributed by atoms with Gasteiger partial charge in [0, 0.05) is 12.4 Å². The van der Waals surface area contributed by atoms with Crippen LogP contribution < -0.4 is 0 Å². The number of thiophene rings is 1. The lowest BCUT2D eigenvalue weighted by Gasteiger charge is -2.20. The number of amides is 1. The number of aliphatic carboxylic acids is 1. The minimum Gasteiger partial charge on any atom is -0.480 e. The molecule has 0 spiro atoms. The molecule has 1 amide bonds. The number of carbonyl (C=O) groups is 2. The zero-order valence-corrected chi connectivity index (χ0v) is 10.6. The smallest absolute Gasteiger partial charge is 0.326 e. The second-order valence-electron chi connectivity index (χ2n) is 3.07. The van der Waals surface area contributed by atoms with Crippen molar-refractivity contribution in [1.29, 1.82) is 0 Å². The Morgan fingerprint density at radius 1 is 1.60 bits per heavy atom. The number of rotatable bonds is 3. The molecule has 1 heterocycles. The molecule has 82 valence electrons. The largest absolute Gasteiger partial charge is 0.480 e. The summed E-state index contributed by atoms with van der Waals surface area (Å²) in [5.74, 6) is -1.30. The van der Waals surface area contributed by atoms with Crippen LogP contribution in [0.5, 0.6) is 0 Å². The first kappa shape index (κ1) is 12.2. The van der Waals surface area contributed by atoms with Crippen LogP contribution in [0.4, 0.5) is 0 Å². The maximum atomic E-state index is 11.8. The van der Waals surface area contributed by atoms with Crippen LogP contribution in [-0.2, 0) is 4.79 Å². The third-order valence-electron chi connectivity index (χ3n) is 2.07. The molecule has 0 aliphatic rings. The van der Waals surface area contributed by atoms with E-state index in [1.807, 2.05) is 0 Å². The fourth-order valence-corrected chi connectivity index (χ4v) is 2.10. The minimum absolute atomic E-state index is 0.285. The van der Waals surface area contributed by atoms with E-state index in [4.69, 9.17) is 5.11 Å². The molecule has 15 heavy (non-hydrogen) atoms. The summed E-state index contributed by atoms with van der Waals surface area (Å²) in [5.41, 5.74) is 0.502. The monoisotopic (exact) mass is 291 g/mol. The van der Waals surface area contributed by atoms with Crippen molar-refractivity contribution in [2.45, 2.75) is 13.0 Å². The second kappa shape index (κ2) is 4.76. The van der Waals surface area contributed by atoms with E-state index in [1.54, 1.807) is 11.4 Å². The SMILES string of the molecule is CC(C(=O)O)N(C)C(=O)c1csc(Br)c1. The highest BCUT2D eigenvalue weighted by atomic mass is 79.9. The highest BCUT2D eigenvalue weighted by molar-refractivity contribution is 9.11. The highest BCUT2D eigenvalue weighted by Crippen LogP contribution is 2.21. The van der Waals surface area contributed by atoms with Gasteiger partial charge in [-0.3, -0.25) is 4.79 Å². The van der Waals surface area contributed by atoms with E-state index in [0.29, 0.717) is 5.56 Å². The zero-order chi connectivity index (χ0) is 11.6. The van der Waals surface area contributed by atoms with Crippen LogP contribution in [0.2, 0.25) is 0 Å². The Labute approximate surface area is 99.6 Å². The molecule has 1 aromatic rings. The molecule has 1 atom stereocenters. The molecule has 6 heteroatoms. The lowest BCUT2D eigenvalue weighted by atomic mass is 10.2. The predicted molar refractivity (Wildman–Crippen MR) is 61.2 cm³/mol. The highest BCUT2D eigenvalue weighted by Gasteiger charge is 2.23. The van der Waals surface area contributed by atoms with Gasteiger partial charge in [0.1, 0.15) is 6.04 Å². The summed E-state index contributed by atoms with van der Waals surface area (Å²) in [4.78, 5) is 23.6. The number of carbonyl (C=O) groups excluding carboxylic acids is 1. The van der Waals surface area contributed by atoms with E-state index in [9.17, 15) is 9.59 Å². The van der Waals surface area contributed by atoms with Gasteiger partial charge in [-0.25, -0.2) is 4.79 Å². The number of likely N-dealkylation sites (N-methyl/N-ethyl adjacent to an activating group) is 1. The topological polar surface area (TPSA) is 57.6 Å². The summed E-state index contributed by atoms with van der Waals surface area (Å²) in [6.45, 7) is 1.47. The summed E-state index contributed by atoms with van der Waals surface area (Å²) in [6.07, 6.45) is 0. The molecule has 0 aliphatic heterocycles. The van der Waals surface area contributed by atoms with Gasteiger partial charge in [-0.2, -0.15) is 0 Å². The van der Waals surface area contributed by atoms with Crippen molar-refractivity contribution in [3.8, 4) is 0 Å². The van der Waals surface area contributed by atoms with Gasteiger partial charge < -0.3 is 10.0 Å². The molecule has 4 nitrogen and oxygen atoms in total. The Hall–Kier alpha value is -0.880. The molecular weight excluding hydrogens is 282 g/mol. The summed E-state index contributed by atoms with van der Waals surface area (Å²) in [5, 5.41) is 10.4. The van der Waals surface area contributed by atoms with Crippen LogP contribution in [0, 0.1) is 0 Å². The van der Waals surface area contributed by atoms with Crippen LogP contribution in [0.25, 0.3) is 0 Å². The number of hydrogen-bond donors (Lipinski definition) is 1. The number of nitrogens with zero attached hydrogens (tertiary/aromatic N) is 1. The van der Waals surface area contributed by atoms with Crippen LogP contribution >= 0.6 is 27.3 Å². The molecule has 1 unspecified atom stereocenters. The summed E-state index contributed by atoms with van der Waals surface area (Å²) in [7, 11) is 1.48. The van der Waals surface area contributed by atoms with E-state index in [1.165, 1.54) is 30.2 Å². The Kier molecular flexibility index (Phi) is 3.87. The minimum atomic E-state index is -1.01. The molecule has 1 rings (SSSR count). The van der Waals surface area contributed by atoms with Gasteiger partial charge in [-0.05, 0) is 28.9 Å². The van der Waals surface area contributed by atoms with Gasteiger partial charge in [-0.15, -0.1) is 11.3 Å². The quantitative estimate of drug-likeness (QED) is 0.927. The first-order chi connectivity index (χ1) is 6.93. The van der Waals surface area contributed by atoms with Gasteiger partial charge in [0.2, 0.25) is 0 Å². The standard InChI is InChI=1S/C9H10BrNO3S/c1-5(9(13)14)11(2)8(12)6-3-7(10)15-4-6/h3-5H,1-2H3,(H,13,14). The van der Waals surface area contributed by atoms with Crippen molar-refractivity contribution in [2.75, 3.05) is 7.05 Å². The van der Waals surface area contributed by atoms with E-state index in [2.05, 4.69) is 15.9 Å². The fraction of sp³-hybridized carbons (Fsp3) is 0.333. The maximum absolute atomic E-state index is 11.8. The number of halogens is 1. The molecule has 0 saturated carbocycles. The lowest BCUT2D eigenvalue weighted by Crippen LogP contribution is -2.40. The molecule has 1 N–H and O–H groups in total. The maximum Gasteiger partial charge on any atom is 0.326 e. The Morgan fingerprint density at radius 3 is 2.60 bits per heavy atom. The number of hydrogen-bond acceptors (Lipinski definition) is 3. The van der Waals surface area contributed by atoms with Crippen LogP contribution in [0.15, 0.2) is 15.2 Å². The third-order valence-corrected chi connectivity index (χ3v) is 3.58. The van der Waals surface area contributed by atoms with Crippen molar-refractivity contribution in [2.24, 2.45) is 0 Å². The Morgan fingerprint density at radius 2 is 2.20 bits per heavy atom. The summed E-state index contributed by atoms with van der Waals surface area (Å²) >= 11 is 4.64.